The molecule has 0 aliphatic carbocycles. The van der Waals surface area contributed by atoms with Gasteiger partial charge < -0.3 is 4.74 Å². The van der Waals surface area contributed by atoms with Crippen molar-refractivity contribution in [2.24, 2.45) is 0 Å². The summed E-state index contributed by atoms with van der Waals surface area (Å²) in [5, 5.41) is 0. The molecule has 0 radical (unpaired) electrons. The van der Waals surface area contributed by atoms with Crippen molar-refractivity contribution in [2.75, 3.05) is 0 Å². The average molecular weight is 346 g/mol. The predicted molar refractivity (Wildman–Crippen MR) is 89.9 cm³/mol. The second kappa shape index (κ2) is 6.27. The maximum atomic E-state index is 12.3. The number of alkyl halides is 3. The van der Waals surface area contributed by atoms with E-state index in [2.05, 4.69) is 21.9 Å². The Kier molecular flexibility index (Phi) is 4.29. The molecule has 1 heterocycles. The third-order valence-electron chi connectivity index (χ3n) is 3.86. The zero-order valence-corrected chi connectivity index (χ0v) is 14.1. The van der Waals surface area contributed by atoms with Crippen LogP contribution in [0.3, 0.4) is 0 Å². The van der Waals surface area contributed by atoms with Crippen LogP contribution in [0.2, 0.25) is 0 Å². The van der Waals surface area contributed by atoms with Gasteiger partial charge in [0.2, 0.25) is 0 Å². The van der Waals surface area contributed by atoms with Crippen LogP contribution in [0, 0.1) is 20.8 Å². The van der Waals surface area contributed by atoms with Crippen LogP contribution in [-0.4, -0.2) is 15.9 Å². The quantitative estimate of drug-likeness (QED) is 0.638. The predicted octanol–water partition coefficient (Wildman–Crippen LogP) is 5.36. The lowest BCUT2D eigenvalue weighted by Crippen LogP contribution is -2.16. The summed E-state index contributed by atoms with van der Waals surface area (Å²) in [5.74, 6) is 0.408. The number of imidazole rings is 1. The summed E-state index contributed by atoms with van der Waals surface area (Å²) >= 11 is 0. The first-order valence-corrected chi connectivity index (χ1v) is 7.72. The summed E-state index contributed by atoms with van der Waals surface area (Å²) in [5.41, 5.74) is 5.12. The van der Waals surface area contributed by atoms with E-state index in [0.29, 0.717) is 11.4 Å². The third kappa shape index (κ3) is 3.68. The highest BCUT2D eigenvalue weighted by molar-refractivity contribution is 5.62. The molecule has 0 bridgehead atoms. The number of rotatable bonds is 3. The topological polar surface area (TPSA) is 27.1 Å². The van der Waals surface area contributed by atoms with Crippen LogP contribution in [0.5, 0.6) is 5.75 Å². The Balaban J connectivity index is 2.00. The highest BCUT2D eigenvalue weighted by atomic mass is 19.4. The molecule has 0 aliphatic heterocycles. The lowest BCUT2D eigenvalue weighted by molar-refractivity contribution is -0.274. The fourth-order valence-corrected chi connectivity index (χ4v) is 3.06. The van der Waals surface area contributed by atoms with E-state index >= 15 is 0 Å². The molecule has 6 heteroatoms. The number of aryl methyl sites for hydroxylation is 3. The normalized spacial score (nSPS) is 11.6. The van der Waals surface area contributed by atoms with Gasteiger partial charge in [-0.1, -0.05) is 17.7 Å². The summed E-state index contributed by atoms with van der Waals surface area (Å²) < 4.78 is 42.7. The number of aromatic nitrogens is 2. The Hall–Kier alpha value is -2.76. The van der Waals surface area contributed by atoms with Gasteiger partial charge in [0.25, 0.3) is 0 Å². The Bertz CT molecular complexity index is 873. The molecule has 3 nitrogen and oxygen atoms in total. The minimum Gasteiger partial charge on any atom is -0.406 e. The molecule has 0 atom stereocenters. The van der Waals surface area contributed by atoms with Gasteiger partial charge in [0.15, 0.2) is 0 Å². The molecule has 0 spiro atoms. The first kappa shape index (κ1) is 17.1. The smallest absolute Gasteiger partial charge is 0.406 e. The second-order valence-electron chi connectivity index (χ2n) is 5.94. The molecule has 0 amide bonds. The van der Waals surface area contributed by atoms with Crippen molar-refractivity contribution in [1.29, 1.82) is 0 Å². The van der Waals surface area contributed by atoms with E-state index in [0.717, 1.165) is 16.8 Å². The van der Waals surface area contributed by atoms with Gasteiger partial charge in [-0.05, 0) is 56.2 Å². The van der Waals surface area contributed by atoms with Crippen molar-refractivity contribution < 1.29 is 17.9 Å². The highest BCUT2D eigenvalue weighted by Crippen LogP contribution is 2.29. The van der Waals surface area contributed by atoms with Gasteiger partial charge in [-0.25, -0.2) is 4.98 Å². The Morgan fingerprint density at radius 1 is 0.960 bits per heavy atom. The SMILES string of the molecule is Cc1cc(C)c(-n2ccnc2-c2ccc(OC(F)(F)F)cc2)c(C)c1. The molecule has 1 aromatic heterocycles. The van der Waals surface area contributed by atoms with E-state index in [4.69, 9.17) is 0 Å². The lowest BCUT2D eigenvalue weighted by atomic mass is 10.0. The van der Waals surface area contributed by atoms with Crippen molar-refractivity contribution >= 4 is 0 Å². The monoisotopic (exact) mass is 346 g/mol. The van der Waals surface area contributed by atoms with Gasteiger partial charge in [0.05, 0.1) is 5.69 Å². The summed E-state index contributed by atoms with van der Waals surface area (Å²) in [6.07, 6.45) is -1.18. The van der Waals surface area contributed by atoms with Gasteiger partial charge in [-0.15, -0.1) is 13.2 Å². The Labute approximate surface area is 143 Å². The maximum Gasteiger partial charge on any atom is 0.573 e. The van der Waals surface area contributed by atoms with E-state index < -0.39 is 6.36 Å². The van der Waals surface area contributed by atoms with E-state index in [9.17, 15) is 13.2 Å². The van der Waals surface area contributed by atoms with Crippen molar-refractivity contribution in [3.63, 3.8) is 0 Å². The summed E-state index contributed by atoms with van der Waals surface area (Å²) in [6, 6.07) is 9.89. The first-order chi connectivity index (χ1) is 11.7. The van der Waals surface area contributed by atoms with Crippen LogP contribution in [0.15, 0.2) is 48.8 Å². The first-order valence-electron chi connectivity index (χ1n) is 7.72. The molecule has 0 aliphatic rings. The second-order valence-corrected chi connectivity index (χ2v) is 5.94. The van der Waals surface area contributed by atoms with Crippen molar-refractivity contribution in [3.8, 4) is 22.8 Å². The van der Waals surface area contributed by atoms with Crippen LogP contribution < -0.4 is 4.74 Å². The molecule has 3 aromatic rings. The van der Waals surface area contributed by atoms with Gasteiger partial charge >= 0.3 is 6.36 Å². The van der Waals surface area contributed by atoms with Crippen molar-refractivity contribution in [3.05, 3.63) is 65.5 Å². The zero-order valence-electron chi connectivity index (χ0n) is 14.1. The number of halogens is 3. The summed E-state index contributed by atoms with van der Waals surface area (Å²) in [4.78, 5) is 4.37. The van der Waals surface area contributed by atoms with Crippen LogP contribution in [0.4, 0.5) is 13.2 Å². The number of benzene rings is 2. The minimum absolute atomic E-state index is 0.253. The number of hydrogen-bond donors (Lipinski definition) is 0. The highest BCUT2D eigenvalue weighted by Gasteiger charge is 2.31. The molecule has 0 fully saturated rings. The number of ether oxygens (including phenoxy) is 1. The fourth-order valence-electron chi connectivity index (χ4n) is 3.06. The van der Waals surface area contributed by atoms with E-state index in [1.807, 2.05) is 31.5 Å². The summed E-state index contributed by atoms with van der Waals surface area (Å²) in [6.45, 7) is 6.09. The molecule has 130 valence electrons. The van der Waals surface area contributed by atoms with Crippen LogP contribution in [-0.2, 0) is 0 Å². The van der Waals surface area contributed by atoms with Gasteiger partial charge in [0.1, 0.15) is 11.6 Å². The number of nitrogens with zero attached hydrogens (tertiary/aromatic N) is 2. The maximum absolute atomic E-state index is 12.3. The molecule has 25 heavy (non-hydrogen) atoms. The van der Waals surface area contributed by atoms with Gasteiger partial charge in [0, 0.05) is 18.0 Å². The molecule has 3 rings (SSSR count). The summed E-state index contributed by atoms with van der Waals surface area (Å²) in [7, 11) is 0. The van der Waals surface area contributed by atoms with E-state index in [1.54, 1.807) is 18.3 Å². The molecule has 0 N–H and O–H groups in total. The van der Waals surface area contributed by atoms with Crippen LogP contribution in [0.1, 0.15) is 16.7 Å². The molecular weight excluding hydrogens is 329 g/mol. The van der Waals surface area contributed by atoms with Crippen molar-refractivity contribution in [2.45, 2.75) is 27.1 Å². The Morgan fingerprint density at radius 2 is 1.56 bits per heavy atom. The minimum atomic E-state index is -4.70. The number of hydrogen-bond acceptors (Lipinski definition) is 2. The lowest BCUT2D eigenvalue weighted by Gasteiger charge is -2.15. The Morgan fingerprint density at radius 3 is 2.12 bits per heavy atom. The van der Waals surface area contributed by atoms with Crippen LogP contribution in [0.25, 0.3) is 17.1 Å². The molecular formula is C19H17F3N2O. The third-order valence-corrected chi connectivity index (χ3v) is 3.86. The zero-order chi connectivity index (χ0) is 18.2. The molecule has 2 aromatic carbocycles. The van der Waals surface area contributed by atoms with Gasteiger partial charge in [-0.3, -0.25) is 4.57 Å². The molecule has 0 saturated carbocycles. The van der Waals surface area contributed by atoms with Gasteiger partial charge in [-0.2, -0.15) is 0 Å². The molecule has 0 unspecified atom stereocenters. The van der Waals surface area contributed by atoms with E-state index in [-0.39, 0.29) is 5.75 Å². The average Bonchev–Trinajstić information content (AvgIpc) is 2.94. The molecule has 0 saturated heterocycles. The standard InChI is InChI=1S/C19H17F3N2O/c1-12-10-13(2)17(14(3)11-12)24-9-8-23-18(24)15-4-6-16(7-5-15)25-19(20,21)22/h4-11H,1-3H3. The van der Waals surface area contributed by atoms with E-state index in [1.165, 1.54) is 17.7 Å². The fraction of sp³-hybridized carbons (Fsp3) is 0.211. The van der Waals surface area contributed by atoms with Crippen molar-refractivity contribution in [1.82, 2.24) is 9.55 Å². The largest absolute Gasteiger partial charge is 0.573 e. The van der Waals surface area contributed by atoms with Crippen LogP contribution >= 0.6 is 0 Å².